The summed E-state index contributed by atoms with van der Waals surface area (Å²) in [7, 11) is 1.77. The van der Waals surface area contributed by atoms with Gasteiger partial charge in [0.25, 0.3) is 0 Å². The molecule has 0 spiro atoms. The van der Waals surface area contributed by atoms with Crippen LogP contribution < -0.4 is 21.3 Å². The molecule has 206 valence electrons. The maximum atomic E-state index is 14.1. The van der Waals surface area contributed by atoms with Gasteiger partial charge in [-0.2, -0.15) is 0 Å². The van der Waals surface area contributed by atoms with Gasteiger partial charge in [-0.1, -0.05) is 50.1 Å². The van der Waals surface area contributed by atoms with E-state index >= 15 is 0 Å². The molecule has 3 unspecified atom stereocenters. The van der Waals surface area contributed by atoms with Crippen LogP contribution in [0.2, 0.25) is 0 Å². The third kappa shape index (κ3) is 6.15. The molecule has 1 aliphatic carbocycles. The first-order valence-electron chi connectivity index (χ1n) is 14.4. The molecular formula is C31H45N5O2. The Kier molecular flexibility index (Phi) is 9.67. The Morgan fingerprint density at radius 2 is 1.84 bits per heavy atom. The summed E-state index contributed by atoms with van der Waals surface area (Å²) in [6.45, 7) is 7.53. The molecule has 4 N–H and O–H groups in total. The van der Waals surface area contributed by atoms with E-state index < -0.39 is 6.04 Å². The molecule has 3 aliphatic rings. The van der Waals surface area contributed by atoms with E-state index in [0.29, 0.717) is 6.54 Å². The van der Waals surface area contributed by atoms with Gasteiger partial charge in [0.1, 0.15) is 6.04 Å². The quantitative estimate of drug-likeness (QED) is 0.429. The molecule has 1 saturated carbocycles. The van der Waals surface area contributed by atoms with Crippen LogP contribution in [0.15, 0.2) is 60.5 Å². The molecule has 2 amide bonds. The zero-order valence-electron chi connectivity index (χ0n) is 23.1. The van der Waals surface area contributed by atoms with E-state index in [-0.39, 0.29) is 29.8 Å². The summed E-state index contributed by atoms with van der Waals surface area (Å²) in [4.78, 5) is 31.3. The Hall–Kier alpha value is -3.06. The van der Waals surface area contributed by atoms with E-state index in [1.165, 1.54) is 17.7 Å². The van der Waals surface area contributed by atoms with Crippen molar-refractivity contribution in [3.05, 3.63) is 66.0 Å². The second-order valence-corrected chi connectivity index (χ2v) is 10.9. The largest absolute Gasteiger partial charge is 0.403 e. The molecule has 1 saturated heterocycles. The number of nitrogens with two attached hydrogens (primary N) is 1. The predicted molar refractivity (Wildman–Crippen MR) is 154 cm³/mol. The van der Waals surface area contributed by atoms with Crippen LogP contribution in [0.3, 0.4) is 0 Å². The van der Waals surface area contributed by atoms with E-state index in [1.807, 2.05) is 17.9 Å². The highest BCUT2D eigenvalue weighted by Gasteiger charge is 2.39. The van der Waals surface area contributed by atoms with Gasteiger partial charge in [0, 0.05) is 25.0 Å². The lowest BCUT2D eigenvalue weighted by molar-refractivity contribution is -0.139. The average Bonchev–Trinajstić information content (AvgIpc) is 3.46. The molecule has 2 aliphatic heterocycles. The van der Waals surface area contributed by atoms with Crippen molar-refractivity contribution in [2.45, 2.75) is 82.8 Å². The normalized spacial score (nSPS) is 22.5. The number of aryl methyl sites for hydroxylation is 1. The van der Waals surface area contributed by atoms with Gasteiger partial charge in [0.15, 0.2) is 0 Å². The lowest BCUT2D eigenvalue weighted by atomic mass is 9.83. The molecule has 4 rings (SSSR count). The number of para-hydroxylation sites is 1. The number of rotatable bonds is 9. The van der Waals surface area contributed by atoms with Gasteiger partial charge in [0.2, 0.25) is 11.8 Å². The molecule has 1 aromatic carbocycles. The smallest absolute Gasteiger partial charge is 0.245 e. The number of amides is 2. The van der Waals surface area contributed by atoms with Crippen LogP contribution in [0.25, 0.3) is 0 Å². The molecule has 0 bridgehead atoms. The first-order valence-corrected chi connectivity index (χ1v) is 14.4. The van der Waals surface area contributed by atoms with Crippen molar-refractivity contribution in [2.24, 2.45) is 11.7 Å². The topological polar surface area (TPSA) is 90.7 Å². The molecule has 0 radical (unpaired) electrons. The van der Waals surface area contributed by atoms with Crippen LogP contribution in [-0.2, 0) is 16.0 Å². The zero-order valence-corrected chi connectivity index (χ0v) is 23.1. The maximum Gasteiger partial charge on any atom is 0.245 e. The third-order valence-electron chi connectivity index (χ3n) is 8.57. The highest BCUT2D eigenvalue weighted by molar-refractivity contribution is 5.90. The number of allylic oxidation sites excluding steroid dienone is 1. The van der Waals surface area contributed by atoms with Gasteiger partial charge in [-0.15, -0.1) is 0 Å². The fourth-order valence-corrected chi connectivity index (χ4v) is 6.29. The number of benzene rings is 1. The predicted octanol–water partition coefficient (Wildman–Crippen LogP) is 4.02. The van der Waals surface area contributed by atoms with Crippen LogP contribution in [0, 0.1) is 5.92 Å². The van der Waals surface area contributed by atoms with E-state index in [0.717, 1.165) is 69.2 Å². The molecule has 2 fully saturated rings. The molecule has 0 aromatic heterocycles. The number of carbonyl (C=O) groups is 2. The van der Waals surface area contributed by atoms with Crippen molar-refractivity contribution in [2.75, 3.05) is 25.0 Å². The Morgan fingerprint density at radius 3 is 2.55 bits per heavy atom. The number of likely N-dealkylation sites (tertiary alicyclic amines) is 1. The standard InChI is InChI=1S/C31H45N5O2/c1-4-23(20-26(21-32)35-18-10-15-24-12-8-9-16-28(24)35)27-17-11-19-36(27)31(38)29(25-13-6-5-7-14-25)34-30(37)22(2)33-3/h4,8-9,12,16,20-22,25,27,29,33H,1,5-7,10-11,13-15,17-19,32H2,2-3H3,(H,34,37)/b23-20+,26-21+. The van der Waals surface area contributed by atoms with Gasteiger partial charge in [0.05, 0.1) is 17.8 Å². The SMILES string of the molecule is C=C/C(=C\C(=C/N)N1CCCc2ccccc21)C1CCCN1C(=O)C(NC(=O)C(C)NC)C1CCCCC1. The minimum atomic E-state index is -0.497. The minimum Gasteiger partial charge on any atom is -0.403 e. The van der Waals surface area contributed by atoms with Gasteiger partial charge in [-0.25, -0.2) is 0 Å². The Balaban J connectivity index is 1.59. The average molecular weight is 520 g/mol. The molecule has 7 nitrogen and oxygen atoms in total. The van der Waals surface area contributed by atoms with Crippen LogP contribution in [0.4, 0.5) is 5.69 Å². The summed E-state index contributed by atoms with van der Waals surface area (Å²) in [5.41, 5.74) is 10.6. The van der Waals surface area contributed by atoms with E-state index in [9.17, 15) is 9.59 Å². The Labute approximate surface area is 228 Å². The Morgan fingerprint density at radius 1 is 1.08 bits per heavy atom. The van der Waals surface area contributed by atoms with Crippen molar-refractivity contribution in [3.8, 4) is 0 Å². The first kappa shape index (κ1) is 28.0. The first-order chi connectivity index (χ1) is 18.5. The highest BCUT2D eigenvalue weighted by Crippen LogP contribution is 2.34. The number of likely N-dealkylation sites (N-methyl/N-ethyl adjacent to an activating group) is 1. The lowest BCUT2D eigenvalue weighted by Crippen LogP contribution is -2.56. The molecule has 2 heterocycles. The fourth-order valence-electron chi connectivity index (χ4n) is 6.29. The van der Waals surface area contributed by atoms with Crippen LogP contribution in [-0.4, -0.2) is 55.0 Å². The van der Waals surface area contributed by atoms with Crippen molar-refractivity contribution < 1.29 is 9.59 Å². The maximum absolute atomic E-state index is 14.1. The number of hydrogen-bond acceptors (Lipinski definition) is 5. The van der Waals surface area contributed by atoms with Gasteiger partial charge >= 0.3 is 0 Å². The number of nitrogens with one attached hydrogen (secondary N) is 2. The Bertz CT molecular complexity index is 1060. The highest BCUT2D eigenvalue weighted by atomic mass is 16.2. The van der Waals surface area contributed by atoms with Crippen molar-refractivity contribution in [1.29, 1.82) is 0 Å². The van der Waals surface area contributed by atoms with E-state index in [2.05, 4.69) is 52.5 Å². The van der Waals surface area contributed by atoms with E-state index in [4.69, 9.17) is 5.73 Å². The lowest BCUT2D eigenvalue weighted by Gasteiger charge is -2.36. The van der Waals surface area contributed by atoms with Crippen molar-refractivity contribution >= 4 is 17.5 Å². The van der Waals surface area contributed by atoms with E-state index in [1.54, 1.807) is 13.2 Å². The van der Waals surface area contributed by atoms with Crippen LogP contribution in [0.1, 0.15) is 63.9 Å². The van der Waals surface area contributed by atoms with Crippen LogP contribution >= 0.6 is 0 Å². The minimum absolute atomic E-state index is 0.0328. The molecular weight excluding hydrogens is 474 g/mol. The summed E-state index contributed by atoms with van der Waals surface area (Å²) in [6, 6.07) is 7.55. The van der Waals surface area contributed by atoms with Gasteiger partial charge < -0.3 is 26.2 Å². The monoisotopic (exact) mass is 519 g/mol. The summed E-state index contributed by atoms with van der Waals surface area (Å²) in [5.74, 6) is 0.0835. The second-order valence-electron chi connectivity index (χ2n) is 10.9. The molecule has 38 heavy (non-hydrogen) atoms. The molecule has 7 heteroatoms. The third-order valence-corrected chi connectivity index (χ3v) is 8.57. The number of anilines is 1. The second kappa shape index (κ2) is 13.1. The van der Waals surface area contributed by atoms with Gasteiger partial charge in [-0.3, -0.25) is 9.59 Å². The van der Waals surface area contributed by atoms with Crippen LogP contribution in [0.5, 0.6) is 0 Å². The van der Waals surface area contributed by atoms with Crippen molar-refractivity contribution in [3.63, 3.8) is 0 Å². The molecule has 1 aromatic rings. The summed E-state index contributed by atoms with van der Waals surface area (Å²) < 4.78 is 0. The summed E-state index contributed by atoms with van der Waals surface area (Å²) in [5, 5.41) is 6.13. The van der Waals surface area contributed by atoms with Gasteiger partial charge in [-0.05, 0) is 81.7 Å². The number of hydrogen-bond donors (Lipinski definition) is 3. The zero-order chi connectivity index (χ0) is 27.1. The summed E-state index contributed by atoms with van der Waals surface area (Å²) >= 11 is 0. The number of fused-ring (bicyclic) bond motifs is 1. The number of carbonyl (C=O) groups excluding carboxylic acids is 2. The summed E-state index contributed by atoms with van der Waals surface area (Å²) in [6.07, 6.45) is 14.9. The molecule has 3 atom stereocenters. The fraction of sp³-hybridized carbons (Fsp3) is 0.548. The van der Waals surface area contributed by atoms with Crippen molar-refractivity contribution in [1.82, 2.24) is 15.5 Å². The number of nitrogens with zero attached hydrogens (tertiary/aromatic N) is 2.